The molecule has 0 spiro atoms. The number of carbonyl (C=O) groups is 1. The summed E-state index contributed by atoms with van der Waals surface area (Å²) in [5, 5.41) is 35.5. The molecule has 0 atom stereocenters. The number of nitrogens with one attached hydrogen (secondary N) is 2. The van der Waals surface area contributed by atoms with Crippen molar-refractivity contribution in [2.75, 3.05) is 11.9 Å². The zero-order valence-corrected chi connectivity index (χ0v) is 17.8. The molecule has 0 aliphatic heterocycles. The second-order valence-electron chi connectivity index (χ2n) is 6.49. The van der Waals surface area contributed by atoms with Crippen LogP contribution in [0.5, 0.6) is 5.75 Å². The number of unbranched alkanes of at least 4 members (excludes halogenated alkanes) is 1. The lowest BCUT2D eigenvalue weighted by molar-refractivity contribution is 0.0950. The molecule has 1 aromatic heterocycles. The van der Waals surface area contributed by atoms with Crippen LogP contribution in [-0.4, -0.2) is 38.9 Å². The number of benzene rings is 2. The molecule has 0 aliphatic carbocycles. The molecule has 0 saturated carbocycles. The highest BCUT2D eigenvalue weighted by atomic mass is 79.9. The number of anilines is 1. The number of amidine groups is 1. The van der Waals surface area contributed by atoms with Crippen molar-refractivity contribution in [3.8, 4) is 5.75 Å². The predicted octanol–water partition coefficient (Wildman–Crippen LogP) is 3.68. The highest BCUT2D eigenvalue weighted by Gasteiger charge is 2.18. The van der Waals surface area contributed by atoms with E-state index in [0.29, 0.717) is 37.2 Å². The molecular weight excluding hydrogens is 473 g/mol. The van der Waals surface area contributed by atoms with E-state index in [1.54, 1.807) is 18.2 Å². The number of amides is 1. The van der Waals surface area contributed by atoms with Gasteiger partial charge in [-0.3, -0.25) is 4.79 Å². The predicted molar refractivity (Wildman–Crippen MR) is 114 cm³/mol. The molecule has 4 N–H and O–H groups in total. The van der Waals surface area contributed by atoms with Gasteiger partial charge in [-0.25, -0.2) is 9.02 Å². The highest BCUT2D eigenvalue weighted by Crippen LogP contribution is 2.21. The minimum Gasteiger partial charge on any atom is -0.507 e. The van der Waals surface area contributed by atoms with Crippen LogP contribution in [0.4, 0.5) is 10.1 Å². The fourth-order valence-corrected chi connectivity index (χ4v) is 3.15. The quantitative estimate of drug-likeness (QED) is 0.124. The first kappa shape index (κ1) is 22.2. The van der Waals surface area contributed by atoms with Gasteiger partial charge in [-0.2, -0.15) is 0 Å². The Hall–Kier alpha value is -3.47. The Morgan fingerprint density at radius 3 is 2.74 bits per heavy atom. The van der Waals surface area contributed by atoms with Gasteiger partial charge in [-0.15, -0.1) is 0 Å². The topological polar surface area (TPSA) is 133 Å². The molecule has 2 aromatic carbocycles. The third-order valence-corrected chi connectivity index (χ3v) is 4.95. The molecule has 11 heteroatoms. The molecule has 0 bridgehead atoms. The van der Waals surface area contributed by atoms with E-state index in [0.717, 1.165) is 0 Å². The van der Waals surface area contributed by atoms with Gasteiger partial charge in [0.2, 0.25) is 5.84 Å². The average molecular weight is 492 g/mol. The van der Waals surface area contributed by atoms with Crippen molar-refractivity contribution in [2.24, 2.45) is 5.16 Å². The van der Waals surface area contributed by atoms with E-state index in [2.05, 4.69) is 42.0 Å². The smallest absolute Gasteiger partial charge is 0.255 e. The molecule has 162 valence electrons. The van der Waals surface area contributed by atoms with E-state index in [1.165, 1.54) is 24.3 Å². The largest absolute Gasteiger partial charge is 0.507 e. The maximum absolute atomic E-state index is 13.4. The minimum absolute atomic E-state index is 0.00242. The molecule has 0 aliphatic rings. The number of aromatic nitrogens is 2. The first-order chi connectivity index (χ1) is 15.0. The van der Waals surface area contributed by atoms with Crippen molar-refractivity contribution >= 4 is 33.4 Å². The maximum atomic E-state index is 13.4. The number of aromatic hydroxyl groups is 1. The van der Waals surface area contributed by atoms with Crippen molar-refractivity contribution in [3.63, 3.8) is 0 Å². The Morgan fingerprint density at radius 2 is 2.00 bits per heavy atom. The van der Waals surface area contributed by atoms with Gasteiger partial charge in [0.05, 0.1) is 10.0 Å². The van der Waals surface area contributed by atoms with E-state index >= 15 is 0 Å². The number of aryl methyl sites for hydroxylation is 1. The van der Waals surface area contributed by atoms with Crippen LogP contribution in [0.1, 0.15) is 34.6 Å². The SMILES string of the molecule is O=C(NCCCCc1nonc1C(=NO)Nc1ccc(F)c(Br)c1)c1ccccc1O. The van der Waals surface area contributed by atoms with Crippen molar-refractivity contribution in [3.05, 3.63) is 69.7 Å². The van der Waals surface area contributed by atoms with Crippen LogP contribution in [0.15, 0.2) is 56.7 Å². The van der Waals surface area contributed by atoms with Gasteiger partial charge in [-0.05, 0) is 70.7 Å². The van der Waals surface area contributed by atoms with Gasteiger partial charge < -0.3 is 20.9 Å². The Labute approximate surface area is 185 Å². The summed E-state index contributed by atoms with van der Waals surface area (Å²) in [5.41, 5.74) is 1.38. The Morgan fingerprint density at radius 1 is 1.19 bits per heavy atom. The molecule has 31 heavy (non-hydrogen) atoms. The van der Waals surface area contributed by atoms with E-state index in [9.17, 15) is 19.5 Å². The number of oxime groups is 1. The summed E-state index contributed by atoms with van der Waals surface area (Å²) in [4.78, 5) is 12.1. The molecule has 0 saturated heterocycles. The Kier molecular flexibility index (Phi) is 7.55. The Bertz CT molecular complexity index is 1090. The van der Waals surface area contributed by atoms with Crippen molar-refractivity contribution in [1.29, 1.82) is 0 Å². The van der Waals surface area contributed by atoms with E-state index in [4.69, 9.17) is 4.63 Å². The third-order valence-electron chi connectivity index (χ3n) is 4.34. The number of hydrogen-bond acceptors (Lipinski definition) is 7. The van der Waals surface area contributed by atoms with Gasteiger partial charge in [0.15, 0.2) is 5.69 Å². The number of nitrogens with zero attached hydrogens (tertiary/aromatic N) is 3. The van der Waals surface area contributed by atoms with E-state index < -0.39 is 5.82 Å². The average Bonchev–Trinajstić information content (AvgIpc) is 3.22. The van der Waals surface area contributed by atoms with Crippen molar-refractivity contribution < 1.29 is 24.1 Å². The second-order valence-corrected chi connectivity index (χ2v) is 7.35. The molecule has 0 fully saturated rings. The van der Waals surface area contributed by atoms with Crippen LogP contribution in [-0.2, 0) is 6.42 Å². The summed E-state index contributed by atoms with van der Waals surface area (Å²) in [6.07, 6.45) is 1.73. The molecule has 3 aromatic rings. The van der Waals surface area contributed by atoms with Crippen LogP contribution in [0.2, 0.25) is 0 Å². The second kappa shape index (κ2) is 10.5. The standard InChI is InChI=1S/C20H19BrFN5O4/c21-14-11-12(8-9-15(14)22)24-19(25-30)18-16(26-31-27-18)6-3-4-10-23-20(29)13-5-1-2-7-17(13)28/h1-2,5,7-9,11,28,30H,3-4,6,10H2,(H,23,29)(H,24,25). The zero-order valence-electron chi connectivity index (χ0n) is 16.2. The number of phenolic OH excluding ortho intramolecular Hbond substituents is 1. The van der Waals surface area contributed by atoms with Gasteiger partial charge in [0.1, 0.15) is 17.3 Å². The number of carbonyl (C=O) groups excluding carboxylic acids is 1. The lowest BCUT2D eigenvalue weighted by atomic mass is 10.1. The molecule has 1 heterocycles. The number of phenols is 1. The Balaban J connectivity index is 1.52. The first-order valence-corrected chi connectivity index (χ1v) is 10.1. The zero-order chi connectivity index (χ0) is 22.2. The van der Waals surface area contributed by atoms with Crippen molar-refractivity contribution in [1.82, 2.24) is 15.6 Å². The molecular formula is C20H19BrFN5O4. The van der Waals surface area contributed by atoms with Crippen LogP contribution in [0, 0.1) is 5.82 Å². The van der Waals surface area contributed by atoms with E-state index in [-0.39, 0.29) is 33.2 Å². The highest BCUT2D eigenvalue weighted by molar-refractivity contribution is 9.10. The molecule has 3 rings (SSSR count). The third kappa shape index (κ3) is 5.79. The summed E-state index contributed by atoms with van der Waals surface area (Å²) in [5.74, 6) is -0.852. The molecule has 0 unspecified atom stereocenters. The summed E-state index contributed by atoms with van der Waals surface area (Å²) in [7, 11) is 0. The minimum atomic E-state index is -0.425. The summed E-state index contributed by atoms with van der Waals surface area (Å²) >= 11 is 3.09. The molecule has 0 radical (unpaired) electrons. The van der Waals surface area contributed by atoms with Gasteiger partial charge in [0.25, 0.3) is 5.91 Å². The van der Waals surface area contributed by atoms with Crippen LogP contribution in [0.3, 0.4) is 0 Å². The van der Waals surface area contributed by atoms with Crippen LogP contribution < -0.4 is 10.6 Å². The number of rotatable bonds is 8. The lowest BCUT2D eigenvalue weighted by Gasteiger charge is -2.08. The fraction of sp³-hybridized carbons (Fsp3) is 0.200. The molecule has 9 nitrogen and oxygen atoms in total. The van der Waals surface area contributed by atoms with E-state index in [1.807, 2.05) is 0 Å². The summed E-state index contributed by atoms with van der Waals surface area (Å²) in [6.45, 7) is 0.399. The number of para-hydroxylation sites is 1. The normalized spacial score (nSPS) is 11.4. The van der Waals surface area contributed by atoms with Crippen LogP contribution in [0.25, 0.3) is 0 Å². The summed E-state index contributed by atoms with van der Waals surface area (Å²) < 4.78 is 18.4. The maximum Gasteiger partial charge on any atom is 0.255 e. The summed E-state index contributed by atoms with van der Waals surface area (Å²) in [6, 6.07) is 10.5. The fourth-order valence-electron chi connectivity index (χ4n) is 2.77. The monoisotopic (exact) mass is 491 g/mol. The molecule has 1 amide bonds. The van der Waals surface area contributed by atoms with Gasteiger partial charge in [-0.1, -0.05) is 22.4 Å². The lowest BCUT2D eigenvalue weighted by Crippen LogP contribution is -2.24. The number of halogens is 2. The van der Waals surface area contributed by atoms with Gasteiger partial charge >= 0.3 is 0 Å². The van der Waals surface area contributed by atoms with Crippen LogP contribution >= 0.6 is 15.9 Å². The number of hydrogen-bond donors (Lipinski definition) is 4. The van der Waals surface area contributed by atoms with Crippen molar-refractivity contribution in [2.45, 2.75) is 19.3 Å². The van der Waals surface area contributed by atoms with Gasteiger partial charge in [0, 0.05) is 12.2 Å². The first-order valence-electron chi connectivity index (χ1n) is 9.31.